The summed E-state index contributed by atoms with van der Waals surface area (Å²) in [6.07, 6.45) is 5.15. The van der Waals surface area contributed by atoms with Crippen LogP contribution in [0.5, 0.6) is 0 Å². The molecular weight excluding hydrogens is 232 g/mol. The normalized spacial score (nSPS) is 11.1. The van der Waals surface area contributed by atoms with Gasteiger partial charge in [-0.2, -0.15) is 0 Å². The van der Waals surface area contributed by atoms with Crippen LogP contribution in [-0.4, -0.2) is 9.38 Å². The molecule has 0 saturated heterocycles. The van der Waals surface area contributed by atoms with Gasteiger partial charge in [0, 0.05) is 24.4 Å². The van der Waals surface area contributed by atoms with Gasteiger partial charge in [-0.3, -0.25) is 0 Å². The van der Waals surface area contributed by atoms with Gasteiger partial charge < -0.3 is 4.40 Å². The summed E-state index contributed by atoms with van der Waals surface area (Å²) in [5.41, 5.74) is 7.33. The molecule has 0 atom stereocenters. The average Bonchev–Trinajstić information content (AvgIpc) is 2.72. The van der Waals surface area contributed by atoms with Crippen molar-refractivity contribution in [2.24, 2.45) is 0 Å². The second-order valence-corrected chi connectivity index (χ2v) is 5.32. The molecule has 96 valence electrons. The lowest BCUT2D eigenvalue weighted by Crippen LogP contribution is -1.95. The van der Waals surface area contributed by atoms with Crippen molar-refractivity contribution < 1.29 is 0 Å². The van der Waals surface area contributed by atoms with Crippen LogP contribution in [0.1, 0.15) is 27.9 Å². The van der Waals surface area contributed by atoms with Crippen LogP contribution in [-0.2, 0) is 6.42 Å². The van der Waals surface area contributed by atoms with Crippen molar-refractivity contribution in [3.05, 3.63) is 70.7 Å². The number of aryl methyl sites for hydroxylation is 3. The van der Waals surface area contributed by atoms with Crippen LogP contribution in [0.15, 0.2) is 42.7 Å². The van der Waals surface area contributed by atoms with Crippen molar-refractivity contribution in [2.75, 3.05) is 0 Å². The predicted octanol–water partition coefficient (Wildman–Crippen LogP) is 3.85. The Labute approximate surface area is 113 Å². The van der Waals surface area contributed by atoms with Crippen LogP contribution in [0, 0.1) is 20.8 Å². The minimum absolute atomic E-state index is 0.932. The van der Waals surface area contributed by atoms with Gasteiger partial charge in [-0.05, 0) is 31.9 Å². The highest BCUT2D eigenvalue weighted by Gasteiger charge is 2.06. The number of benzene rings is 1. The van der Waals surface area contributed by atoms with E-state index in [1.165, 1.54) is 22.3 Å². The summed E-state index contributed by atoms with van der Waals surface area (Å²) in [6, 6.07) is 11.0. The Balaban J connectivity index is 2.06. The van der Waals surface area contributed by atoms with Crippen molar-refractivity contribution in [1.82, 2.24) is 9.38 Å². The van der Waals surface area contributed by atoms with Gasteiger partial charge in [0.25, 0.3) is 0 Å². The van der Waals surface area contributed by atoms with Gasteiger partial charge in [-0.25, -0.2) is 4.98 Å². The van der Waals surface area contributed by atoms with Gasteiger partial charge in [0.1, 0.15) is 5.65 Å². The van der Waals surface area contributed by atoms with E-state index in [-0.39, 0.29) is 0 Å². The van der Waals surface area contributed by atoms with E-state index < -0.39 is 0 Å². The quantitative estimate of drug-likeness (QED) is 0.675. The van der Waals surface area contributed by atoms with E-state index in [1.807, 2.05) is 6.92 Å². The SMILES string of the molecule is Cc1ccc(Cc2cc(C)cn3cc(C)nc23)cc1. The molecule has 0 amide bonds. The number of pyridine rings is 1. The molecule has 0 fully saturated rings. The highest BCUT2D eigenvalue weighted by Crippen LogP contribution is 2.18. The summed E-state index contributed by atoms with van der Waals surface area (Å²) in [5, 5.41) is 0. The fraction of sp³-hybridized carbons (Fsp3) is 0.235. The fourth-order valence-corrected chi connectivity index (χ4v) is 2.50. The molecule has 19 heavy (non-hydrogen) atoms. The summed E-state index contributed by atoms with van der Waals surface area (Å²) in [4.78, 5) is 4.63. The first-order valence-corrected chi connectivity index (χ1v) is 6.62. The third-order valence-electron chi connectivity index (χ3n) is 3.40. The molecule has 2 heterocycles. The number of imidazole rings is 1. The zero-order chi connectivity index (χ0) is 13.4. The molecule has 0 aliphatic rings. The molecule has 2 aromatic heterocycles. The van der Waals surface area contributed by atoms with E-state index in [2.05, 4.69) is 66.0 Å². The first-order valence-electron chi connectivity index (χ1n) is 6.62. The van der Waals surface area contributed by atoms with E-state index in [1.54, 1.807) is 0 Å². The fourth-order valence-electron chi connectivity index (χ4n) is 2.50. The number of hydrogen-bond donors (Lipinski definition) is 0. The third-order valence-corrected chi connectivity index (χ3v) is 3.40. The lowest BCUT2D eigenvalue weighted by Gasteiger charge is -2.06. The zero-order valence-electron chi connectivity index (χ0n) is 11.6. The Hall–Kier alpha value is -2.09. The van der Waals surface area contributed by atoms with E-state index in [4.69, 9.17) is 0 Å². The van der Waals surface area contributed by atoms with Gasteiger partial charge in [0.15, 0.2) is 0 Å². The lowest BCUT2D eigenvalue weighted by molar-refractivity contribution is 1.09. The van der Waals surface area contributed by atoms with E-state index in [0.29, 0.717) is 0 Å². The van der Waals surface area contributed by atoms with Crippen LogP contribution in [0.25, 0.3) is 5.65 Å². The smallest absolute Gasteiger partial charge is 0.140 e. The van der Waals surface area contributed by atoms with Crippen LogP contribution in [0.4, 0.5) is 0 Å². The second-order valence-electron chi connectivity index (χ2n) is 5.32. The Bertz CT molecular complexity index is 721. The molecule has 2 nitrogen and oxygen atoms in total. The van der Waals surface area contributed by atoms with Crippen molar-refractivity contribution >= 4 is 5.65 Å². The summed E-state index contributed by atoms with van der Waals surface area (Å²) in [6.45, 7) is 6.29. The van der Waals surface area contributed by atoms with Gasteiger partial charge in [0.2, 0.25) is 0 Å². The Kier molecular flexibility index (Phi) is 2.86. The van der Waals surface area contributed by atoms with Crippen molar-refractivity contribution in [3.8, 4) is 0 Å². The number of hydrogen-bond acceptors (Lipinski definition) is 1. The maximum atomic E-state index is 4.63. The Morgan fingerprint density at radius 2 is 1.68 bits per heavy atom. The standard InChI is InChI=1S/C17H18N2/c1-12-4-6-15(7-5-12)9-16-8-13(2)10-19-11-14(3)18-17(16)19/h4-8,10-11H,9H2,1-3H3. The van der Waals surface area contributed by atoms with Gasteiger partial charge in [-0.15, -0.1) is 0 Å². The first kappa shape index (κ1) is 12.0. The molecule has 0 unspecified atom stereocenters. The number of nitrogens with zero attached hydrogens (tertiary/aromatic N) is 2. The molecule has 0 aliphatic carbocycles. The summed E-state index contributed by atoms with van der Waals surface area (Å²) in [7, 11) is 0. The van der Waals surface area contributed by atoms with Crippen molar-refractivity contribution in [1.29, 1.82) is 0 Å². The summed E-state index contributed by atoms with van der Waals surface area (Å²) in [5.74, 6) is 0. The van der Waals surface area contributed by atoms with Crippen LogP contribution >= 0.6 is 0 Å². The van der Waals surface area contributed by atoms with Gasteiger partial charge in [-0.1, -0.05) is 35.9 Å². The topological polar surface area (TPSA) is 17.3 Å². The minimum Gasteiger partial charge on any atom is -0.306 e. The van der Waals surface area contributed by atoms with Crippen molar-refractivity contribution in [3.63, 3.8) is 0 Å². The molecule has 3 rings (SSSR count). The van der Waals surface area contributed by atoms with Crippen LogP contribution in [0.2, 0.25) is 0 Å². The number of rotatable bonds is 2. The van der Waals surface area contributed by atoms with Crippen LogP contribution in [0.3, 0.4) is 0 Å². The Morgan fingerprint density at radius 3 is 2.42 bits per heavy atom. The van der Waals surface area contributed by atoms with E-state index in [9.17, 15) is 0 Å². The molecule has 3 aromatic rings. The molecule has 0 saturated carbocycles. The number of fused-ring (bicyclic) bond motifs is 1. The monoisotopic (exact) mass is 250 g/mol. The van der Waals surface area contributed by atoms with Gasteiger partial charge >= 0.3 is 0 Å². The molecule has 0 radical (unpaired) electrons. The highest BCUT2D eigenvalue weighted by atomic mass is 15.0. The minimum atomic E-state index is 0.932. The maximum absolute atomic E-state index is 4.63. The molecule has 0 N–H and O–H groups in total. The highest BCUT2D eigenvalue weighted by molar-refractivity contribution is 5.52. The van der Waals surface area contributed by atoms with Crippen molar-refractivity contribution in [2.45, 2.75) is 27.2 Å². The summed E-state index contributed by atoms with van der Waals surface area (Å²) < 4.78 is 2.13. The van der Waals surface area contributed by atoms with E-state index >= 15 is 0 Å². The van der Waals surface area contributed by atoms with E-state index in [0.717, 1.165) is 17.8 Å². The second kappa shape index (κ2) is 4.54. The van der Waals surface area contributed by atoms with Crippen LogP contribution < -0.4 is 0 Å². The molecule has 2 heteroatoms. The molecule has 0 bridgehead atoms. The predicted molar refractivity (Wildman–Crippen MR) is 78.7 cm³/mol. The number of aromatic nitrogens is 2. The largest absolute Gasteiger partial charge is 0.306 e. The molecular formula is C17H18N2. The maximum Gasteiger partial charge on any atom is 0.140 e. The zero-order valence-corrected chi connectivity index (χ0v) is 11.6. The third kappa shape index (κ3) is 2.39. The molecule has 1 aromatic carbocycles. The van der Waals surface area contributed by atoms with Gasteiger partial charge in [0.05, 0.1) is 5.69 Å². The molecule has 0 aliphatic heterocycles. The first-order chi connectivity index (χ1) is 9.11. The molecule has 0 spiro atoms. The lowest BCUT2D eigenvalue weighted by atomic mass is 10.0. The summed E-state index contributed by atoms with van der Waals surface area (Å²) >= 11 is 0. The Morgan fingerprint density at radius 1 is 0.947 bits per heavy atom. The average molecular weight is 250 g/mol.